The van der Waals surface area contributed by atoms with E-state index in [1.54, 1.807) is 24.3 Å². The fourth-order valence-corrected chi connectivity index (χ4v) is 3.71. The molecule has 0 spiro atoms. The maximum Gasteiger partial charge on any atom is 0.487 e. The fourth-order valence-electron chi connectivity index (χ4n) is 3.64. The Labute approximate surface area is 203 Å². The van der Waals surface area contributed by atoms with Gasteiger partial charge in [-0.3, -0.25) is 9.69 Å². The first-order valence-corrected chi connectivity index (χ1v) is 11.2. The zero-order valence-corrected chi connectivity index (χ0v) is 20.0. The van der Waals surface area contributed by atoms with Gasteiger partial charge in [0, 0.05) is 30.0 Å². The van der Waals surface area contributed by atoms with Crippen LogP contribution in [-0.4, -0.2) is 40.7 Å². The number of nitrogens with zero attached hydrogens (tertiary/aromatic N) is 2. The van der Waals surface area contributed by atoms with Crippen molar-refractivity contribution in [3.8, 4) is 11.4 Å². The number of rotatable bonds is 9. The van der Waals surface area contributed by atoms with Crippen LogP contribution in [0.5, 0.6) is 5.75 Å². The number of benzene rings is 2. The molecule has 0 aliphatic heterocycles. The van der Waals surface area contributed by atoms with Gasteiger partial charge in [-0.15, -0.1) is 8.78 Å². The van der Waals surface area contributed by atoms with E-state index in [0.717, 1.165) is 29.4 Å². The van der Waals surface area contributed by atoms with Gasteiger partial charge in [0.2, 0.25) is 11.2 Å². The number of alkyl halides is 3. The topological polar surface area (TPSA) is 60.8 Å². The minimum atomic E-state index is -4.41. The lowest BCUT2D eigenvalue weighted by Gasteiger charge is -2.20. The van der Waals surface area contributed by atoms with Crippen LogP contribution in [0, 0.1) is 11.6 Å². The van der Waals surface area contributed by atoms with Crippen molar-refractivity contribution >= 4 is 28.5 Å². The highest BCUT2D eigenvalue weighted by atomic mass is 35.5. The third-order valence-electron chi connectivity index (χ3n) is 5.37. The maximum atomic E-state index is 14.7. The molecule has 188 valence electrons. The van der Waals surface area contributed by atoms with Crippen LogP contribution in [-0.2, 0) is 11.3 Å². The minimum absolute atomic E-state index is 0.0546. The van der Waals surface area contributed by atoms with Crippen LogP contribution in [0.25, 0.3) is 16.6 Å². The number of carbonyl (C=O) groups excluding carboxylic acids is 1. The maximum absolute atomic E-state index is 14.7. The molecule has 35 heavy (non-hydrogen) atoms. The van der Waals surface area contributed by atoms with Crippen molar-refractivity contribution in [3.63, 3.8) is 0 Å². The summed E-state index contributed by atoms with van der Waals surface area (Å²) < 4.78 is 66.2. The highest BCUT2D eigenvalue weighted by Gasteiger charge is 2.33. The van der Waals surface area contributed by atoms with Gasteiger partial charge in [-0.2, -0.15) is 4.39 Å². The monoisotopic (exact) mass is 514 g/mol. The Hall–Kier alpha value is -3.11. The van der Waals surface area contributed by atoms with Gasteiger partial charge in [0.05, 0.1) is 12.0 Å². The van der Waals surface area contributed by atoms with Gasteiger partial charge in [0.1, 0.15) is 11.1 Å². The molecule has 0 unspecified atom stereocenters. The van der Waals surface area contributed by atoms with Gasteiger partial charge >= 0.3 is 11.5 Å². The predicted octanol–water partition coefficient (Wildman–Crippen LogP) is 5.46. The van der Waals surface area contributed by atoms with E-state index in [0.29, 0.717) is 12.6 Å². The smallest absolute Gasteiger partial charge is 0.462 e. The number of halogens is 5. The Kier molecular flexibility index (Phi) is 8.07. The first-order valence-electron chi connectivity index (χ1n) is 10.8. The molecular weight excluding hydrogens is 492 g/mol. The highest BCUT2D eigenvalue weighted by Crippen LogP contribution is 2.36. The summed E-state index contributed by atoms with van der Waals surface area (Å²) in [7, 11) is 0. The summed E-state index contributed by atoms with van der Waals surface area (Å²) in [5.41, 5.74) is -5.29. The SMILES string of the molecule is CCOC(=O)c1cn(-c2ccc(CN(CC)CC)cc2)c2c(OC(F)(F)Cl)c(F)c(F)cc2c1=O. The van der Waals surface area contributed by atoms with Crippen LogP contribution in [0.1, 0.15) is 36.7 Å². The van der Waals surface area contributed by atoms with E-state index >= 15 is 0 Å². The number of carbonyl (C=O) groups is 1. The summed E-state index contributed by atoms with van der Waals surface area (Å²) in [6.07, 6.45) is 1.01. The van der Waals surface area contributed by atoms with E-state index in [1.165, 1.54) is 6.92 Å². The van der Waals surface area contributed by atoms with Crippen LogP contribution in [0.3, 0.4) is 0 Å². The number of hydrogen-bond donors (Lipinski definition) is 0. The first-order chi connectivity index (χ1) is 16.5. The summed E-state index contributed by atoms with van der Waals surface area (Å²) in [6, 6.07) is 7.18. The zero-order valence-electron chi connectivity index (χ0n) is 19.2. The molecule has 0 amide bonds. The molecule has 0 aliphatic carbocycles. The van der Waals surface area contributed by atoms with Gasteiger partial charge in [0.25, 0.3) is 0 Å². The summed E-state index contributed by atoms with van der Waals surface area (Å²) in [5, 5.41) is -0.572. The predicted molar refractivity (Wildman–Crippen MR) is 123 cm³/mol. The molecule has 0 N–H and O–H groups in total. The quantitative estimate of drug-likeness (QED) is 0.216. The van der Waals surface area contributed by atoms with Crippen LogP contribution in [0.4, 0.5) is 17.6 Å². The molecule has 1 heterocycles. The Morgan fingerprint density at radius 3 is 2.29 bits per heavy atom. The van der Waals surface area contributed by atoms with Crippen molar-refractivity contribution < 1.29 is 31.8 Å². The summed E-state index contributed by atoms with van der Waals surface area (Å²) in [6.45, 7) is 7.79. The van der Waals surface area contributed by atoms with Gasteiger partial charge in [-0.25, -0.2) is 9.18 Å². The molecule has 3 rings (SSSR count). The second-order valence-corrected chi connectivity index (χ2v) is 7.98. The second-order valence-electron chi connectivity index (χ2n) is 7.54. The number of aromatic nitrogens is 1. The number of fused-ring (bicyclic) bond motifs is 1. The summed E-state index contributed by atoms with van der Waals surface area (Å²) in [5.74, 6) is -5.69. The fraction of sp³-hybridized carbons (Fsp3) is 0.333. The third kappa shape index (κ3) is 5.76. The van der Waals surface area contributed by atoms with E-state index in [4.69, 9.17) is 16.3 Å². The van der Waals surface area contributed by atoms with Crippen molar-refractivity contribution in [2.45, 2.75) is 32.9 Å². The third-order valence-corrected chi connectivity index (χ3v) is 5.44. The lowest BCUT2D eigenvalue weighted by Crippen LogP contribution is -2.23. The summed E-state index contributed by atoms with van der Waals surface area (Å²) >= 11 is 4.84. The molecule has 2 aromatic carbocycles. The number of ether oxygens (including phenoxy) is 2. The van der Waals surface area contributed by atoms with Crippen molar-refractivity contribution in [1.29, 1.82) is 0 Å². The minimum Gasteiger partial charge on any atom is -0.462 e. The molecule has 11 heteroatoms. The van der Waals surface area contributed by atoms with E-state index < -0.39 is 50.8 Å². The Bertz CT molecular complexity index is 1290. The summed E-state index contributed by atoms with van der Waals surface area (Å²) in [4.78, 5) is 27.5. The number of pyridine rings is 1. The number of hydrogen-bond acceptors (Lipinski definition) is 5. The van der Waals surface area contributed by atoms with E-state index in [1.807, 2.05) is 13.8 Å². The van der Waals surface area contributed by atoms with Crippen molar-refractivity contribution in [2.24, 2.45) is 0 Å². The zero-order chi connectivity index (χ0) is 25.9. The standard InChI is InChI=1S/C24H23ClF4N2O4/c1-4-30(5-2)12-14-7-9-15(10-8-14)31-13-17(23(33)34-6-3)21(32)16-11-18(26)19(27)22(20(16)31)35-24(25,28)29/h7-11,13H,4-6,12H2,1-3H3. The molecule has 6 nitrogen and oxygen atoms in total. The van der Waals surface area contributed by atoms with Crippen molar-refractivity contribution in [1.82, 2.24) is 9.47 Å². The molecule has 3 aromatic rings. The van der Waals surface area contributed by atoms with E-state index in [2.05, 4.69) is 9.64 Å². The van der Waals surface area contributed by atoms with Gasteiger partial charge in [-0.1, -0.05) is 26.0 Å². The van der Waals surface area contributed by atoms with Gasteiger partial charge in [-0.05, 0) is 43.8 Å². The first kappa shape index (κ1) is 26.5. The molecular formula is C24H23ClF4N2O4. The Morgan fingerprint density at radius 2 is 1.74 bits per heavy atom. The van der Waals surface area contributed by atoms with Gasteiger partial charge in [0.15, 0.2) is 11.6 Å². The molecule has 0 saturated heterocycles. The molecule has 0 radical (unpaired) electrons. The molecule has 0 bridgehead atoms. The van der Waals surface area contributed by atoms with Crippen molar-refractivity contribution in [3.05, 3.63) is 69.5 Å². The average molecular weight is 515 g/mol. The normalized spacial score (nSPS) is 11.8. The highest BCUT2D eigenvalue weighted by molar-refractivity contribution is 6.21. The van der Waals surface area contributed by atoms with Crippen molar-refractivity contribution in [2.75, 3.05) is 19.7 Å². The average Bonchev–Trinajstić information content (AvgIpc) is 2.81. The number of esters is 1. The van der Waals surface area contributed by atoms with Gasteiger partial charge < -0.3 is 14.0 Å². The lowest BCUT2D eigenvalue weighted by molar-refractivity contribution is -0.0978. The lowest BCUT2D eigenvalue weighted by atomic mass is 10.1. The van der Waals surface area contributed by atoms with Crippen LogP contribution >= 0.6 is 11.6 Å². The molecule has 0 aliphatic rings. The van der Waals surface area contributed by atoms with E-state index in [9.17, 15) is 27.2 Å². The van der Waals surface area contributed by atoms with Crippen LogP contribution < -0.4 is 10.2 Å². The van der Waals surface area contributed by atoms with E-state index in [-0.39, 0.29) is 12.3 Å². The Morgan fingerprint density at radius 1 is 1.11 bits per heavy atom. The molecule has 1 aromatic heterocycles. The Balaban J connectivity index is 2.33. The van der Waals surface area contributed by atoms with Crippen LogP contribution in [0.15, 0.2) is 41.3 Å². The second kappa shape index (κ2) is 10.7. The molecule has 0 atom stereocenters. The van der Waals surface area contributed by atoms with Crippen LogP contribution in [0.2, 0.25) is 0 Å². The molecule has 0 fully saturated rings. The largest absolute Gasteiger partial charge is 0.487 e. The molecule has 0 saturated carbocycles.